The number of nitrogens with one attached hydrogen (secondary N) is 1. The van der Waals surface area contributed by atoms with Crippen molar-refractivity contribution in [1.82, 2.24) is 9.97 Å². The van der Waals surface area contributed by atoms with Gasteiger partial charge in [-0.15, -0.1) is 0 Å². The molecule has 0 radical (unpaired) electrons. The van der Waals surface area contributed by atoms with Crippen LogP contribution >= 0.6 is 15.9 Å². The van der Waals surface area contributed by atoms with Crippen molar-refractivity contribution >= 4 is 33.3 Å². The van der Waals surface area contributed by atoms with Crippen LogP contribution in [0, 0.1) is 12.7 Å². The van der Waals surface area contributed by atoms with Gasteiger partial charge in [-0.3, -0.25) is 0 Å². The maximum absolute atomic E-state index is 13.6. The number of para-hydroxylation sites is 1. The van der Waals surface area contributed by atoms with Gasteiger partial charge in [0.05, 0.1) is 5.69 Å². The first-order chi connectivity index (χ1) is 8.09. The Morgan fingerprint density at radius 1 is 1.35 bits per heavy atom. The number of hydrogen-bond acceptors (Lipinski definition) is 4. The second-order valence-corrected chi connectivity index (χ2v) is 4.31. The molecule has 4 nitrogen and oxygen atoms in total. The molecule has 88 valence electrons. The summed E-state index contributed by atoms with van der Waals surface area (Å²) < 4.78 is 14.2. The molecule has 0 aliphatic rings. The van der Waals surface area contributed by atoms with E-state index in [9.17, 15) is 4.39 Å². The van der Waals surface area contributed by atoms with Crippen LogP contribution in [0.25, 0.3) is 0 Å². The maximum Gasteiger partial charge on any atom is 0.147 e. The van der Waals surface area contributed by atoms with Crippen molar-refractivity contribution in [2.45, 2.75) is 6.92 Å². The lowest BCUT2D eigenvalue weighted by Gasteiger charge is -2.11. The van der Waals surface area contributed by atoms with Crippen molar-refractivity contribution in [1.29, 1.82) is 0 Å². The number of anilines is 3. The molecule has 1 aromatic heterocycles. The first-order valence-corrected chi connectivity index (χ1v) is 5.67. The standard InChI is InChI=1S/C11H10BrFN4/c1-6-10(14)15-5-16-11(6)17-9-7(12)3-2-4-8(9)13/h2-5H,1H3,(H3,14,15,16,17). The molecule has 0 atom stereocenters. The molecule has 0 saturated carbocycles. The van der Waals surface area contributed by atoms with Gasteiger partial charge in [-0.2, -0.15) is 0 Å². The third kappa shape index (κ3) is 2.36. The summed E-state index contributed by atoms with van der Waals surface area (Å²) in [6.07, 6.45) is 1.33. The average molecular weight is 297 g/mol. The van der Waals surface area contributed by atoms with E-state index in [0.717, 1.165) is 0 Å². The van der Waals surface area contributed by atoms with Crippen LogP contribution in [0.4, 0.5) is 21.7 Å². The van der Waals surface area contributed by atoms with Crippen LogP contribution < -0.4 is 11.1 Å². The minimum Gasteiger partial charge on any atom is -0.383 e. The lowest BCUT2D eigenvalue weighted by atomic mass is 10.2. The SMILES string of the molecule is Cc1c(N)ncnc1Nc1c(F)cccc1Br. The normalized spacial score (nSPS) is 10.3. The second kappa shape index (κ2) is 4.67. The first kappa shape index (κ1) is 11.8. The fraction of sp³-hybridized carbons (Fsp3) is 0.0909. The smallest absolute Gasteiger partial charge is 0.147 e. The van der Waals surface area contributed by atoms with E-state index in [1.165, 1.54) is 12.4 Å². The number of nitrogen functional groups attached to an aromatic ring is 1. The molecule has 0 spiro atoms. The van der Waals surface area contributed by atoms with Gasteiger partial charge in [-0.1, -0.05) is 6.07 Å². The zero-order valence-corrected chi connectivity index (χ0v) is 10.6. The van der Waals surface area contributed by atoms with E-state index in [4.69, 9.17) is 5.73 Å². The molecule has 0 saturated heterocycles. The zero-order chi connectivity index (χ0) is 12.4. The third-order valence-corrected chi connectivity index (χ3v) is 2.99. The van der Waals surface area contributed by atoms with E-state index in [1.54, 1.807) is 19.1 Å². The quantitative estimate of drug-likeness (QED) is 0.894. The highest BCUT2D eigenvalue weighted by Gasteiger charge is 2.10. The van der Waals surface area contributed by atoms with E-state index in [2.05, 4.69) is 31.2 Å². The van der Waals surface area contributed by atoms with E-state index >= 15 is 0 Å². The van der Waals surface area contributed by atoms with Gasteiger partial charge >= 0.3 is 0 Å². The Labute approximate surface area is 106 Å². The van der Waals surface area contributed by atoms with E-state index in [0.29, 0.717) is 27.4 Å². The summed E-state index contributed by atoms with van der Waals surface area (Å²) in [5.41, 5.74) is 6.66. The maximum atomic E-state index is 13.6. The molecule has 3 N–H and O–H groups in total. The third-order valence-electron chi connectivity index (χ3n) is 2.33. The molecule has 1 aromatic carbocycles. The summed E-state index contributed by atoms with van der Waals surface area (Å²) in [6.45, 7) is 1.77. The monoisotopic (exact) mass is 296 g/mol. The van der Waals surface area contributed by atoms with Crippen LogP contribution in [0.5, 0.6) is 0 Å². The van der Waals surface area contributed by atoms with Gasteiger partial charge in [0.15, 0.2) is 0 Å². The van der Waals surface area contributed by atoms with Gasteiger partial charge in [-0.25, -0.2) is 14.4 Å². The topological polar surface area (TPSA) is 63.8 Å². The summed E-state index contributed by atoms with van der Waals surface area (Å²) in [5.74, 6) is 0.495. The summed E-state index contributed by atoms with van der Waals surface area (Å²) >= 11 is 3.27. The average Bonchev–Trinajstić information content (AvgIpc) is 2.29. The Morgan fingerprint density at radius 3 is 2.82 bits per heavy atom. The molecule has 6 heteroatoms. The molecule has 2 aromatic rings. The van der Waals surface area contributed by atoms with E-state index in [-0.39, 0.29) is 5.82 Å². The van der Waals surface area contributed by atoms with Crippen LogP contribution in [-0.4, -0.2) is 9.97 Å². The molecule has 1 heterocycles. The Kier molecular flexibility index (Phi) is 3.23. The lowest BCUT2D eigenvalue weighted by molar-refractivity contribution is 0.631. The van der Waals surface area contributed by atoms with E-state index in [1.807, 2.05) is 0 Å². The number of nitrogens with zero attached hydrogens (tertiary/aromatic N) is 2. The summed E-state index contributed by atoms with van der Waals surface area (Å²) in [5, 5.41) is 2.90. The molecule has 0 unspecified atom stereocenters. The Hall–Kier alpha value is -1.69. The molecular formula is C11H10BrFN4. The fourth-order valence-corrected chi connectivity index (χ4v) is 1.77. The van der Waals surface area contributed by atoms with Gasteiger partial charge < -0.3 is 11.1 Å². The largest absolute Gasteiger partial charge is 0.383 e. The fourth-order valence-electron chi connectivity index (χ4n) is 1.33. The molecule has 0 bridgehead atoms. The van der Waals surface area contributed by atoms with Crippen LogP contribution in [0.1, 0.15) is 5.56 Å². The molecule has 17 heavy (non-hydrogen) atoms. The van der Waals surface area contributed by atoms with Gasteiger partial charge in [0.2, 0.25) is 0 Å². The molecular weight excluding hydrogens is 287 g/mol. The minimum absolute atomic E-state index is 0.328. The second-order valence-electron chi connectivity index (χ2n) is 3.45. The Bertz CT molecular complexity index is 539. The highest BCUT2D eigenvalue weighted by molar-refractivity contribution is 9.10. The molecule has 0 aliphatic heterocycles. The number of benzene rings is 1. The van der Waals surface area contributed by atoms with Crippen molar-refractivity contribution in [2.24, 2.45) is 0 Å². The molecule has 2 rings (SSSR count). The van der Waals surface area contributed by atoms with Gasteiger partial charge in [0.25, 0.3) is 0 Å². The number of rotatable bonds is 2. The van der Waals surface area contributed by atoms with Gasteiger partial charge in [0, 0.05) is 10.0 Å². The van der Waals surface area contributed by atoms with Crippen LogP contribution in [0.15, 0.2) is 29.0 Å². The predicted molar refractivity (Wildman–Crippen MR) is 68.6 cm³/mol. The van der Waals surface area contributed by atoms with Crippen molar-refractivity contribution in [3.8, 4) is 0 Å². The number of halogens is 2. The first-order valence-electron chi connectivity index (χ1n) is 4.87. The van der Waals surface area contributed by atoms with Crippen molar-refractivity contribution in [3.05, 3.63) is 40.4 Å². The highest BCUT2D eigenvalue weighted by Crippen LogP contribution is 2.29. The van der Waals surface area contributed by atoms with Crippen molar-refractivity contribution in [3.63, 3.8) is 0 Å². The van der Waals surface area contributed by atoms with Gasteiger partial charge in [0.1, 0.15) is 23.8 Å². The molecule has 0 fully saturated rings. The molecule has 0 aliphatic carbocycles. The number of nitrogens with two attached hydrogens (primary N) is 1. The van der Waals surface area contributed by atoms with Gasteiger partial charge in [-0.05, 0) is 35.0 Å². The summed E-state index contributed by atoms with van der Waals surface area (Å²) in [6, 6.07) is 4.73. The minimum atomic E-state index is -0.365. The lowest BCUT2D eigenvalue weighted by Crippen LogP contribution is -2.03. The molecule has 0 amide bonds. The van der Waals surface area contributed by atoms with Crippen LogP contribution in [-0.2, 0) is 0 Å². The zero-order valence-electron chi connectivity index (χ0n) is 9.04. The van der Waals surface area contributed by atoms with Crippen LogP contribution in [0.2, 0.25) is 0 Å². The Balaban J connectivity index is 2.42. The van der Waals surface area contributed by atoms with Crippen molar-refractivity contribution in [2.75, 3.05) is 11.1 Å². The summed E-state index contributed by atoms with van der Waals surface area (Å²) in [4.78, 5) is 7.87. The number of aromatic nitrogens is 2. The predicted octanol–water partition coefficient (Wildman–Crippen LogP) is 3.01. The highest BCUT2D eigenvalue weighted by atomic mass is 79.9. The number of hydrogen-bond donors (Lipinski definition) is 2. The van der Waals surface area contributed by atoms with Crippen molar-refractivity contribution < 1.29 is 4.39 Å². The van der Waals surface area contributed by atoms with E-state index < -0.39 is 0 Å². The summed E-state index contributed by atoms with van der Waals surface area (Å²) in [7, 11) is 0. The Morgan fingerprint density at radius 2 is 2.12 bits per heavy atom. The van der Waals surface area contributed by atoms with Crippen LogP contribution in [0.3, 0.4) is 0 Å².